The summed E-state index contributed by atoms with van der Waals surface area (Å²) in [5.74, 6) is 2.56. The molecule has 0 aromatic heterocycles. The zero-order valence-corrected chi connectivity index (χ0v) is 20.3. The lowest BCUT2D eigenvalue weighted by molar-refractivity contribution is -0.152. The number of carbonyl (C=O) groups is 2. The second kappa shape index (κ2) is 8.49. The highest BCUT2D eigenvalue weighted by atomic mass is 32.2. The summed E-state index contributed by atoms with van der Waals surface area (Å²) in [6, 6.07) is 7.68. The van der Waals surface area contributed by atoms with E-state index in [0.29, 0.717) is 27.0 Å². The SMILES string of the molecule is CC[C@H](C)Oc1ccc(/C=C2\SC(=S)N(NC(=O)C34CC5CC(CC(C5)C3)C4)C2=O)cc1. The lowest BCUT2D eigenvalue weighted by atomic mass is 9.49. The van der Waals surface area contributed by atoms with Crippen LogP contribution in [0, 0.1) is 23.2 Å². The first-order valence-corrected chi connectivity index (χ1v) is 12.9. The van der Waals surface area contributed by atoms with Crippen molar-refractivity contribution < 1.29 is 14.3 Å². The molecule has 0 unspecified atom stereocenters. The van der Waals surface area contributed by atoms with Gasteiger partial charge < -0.3 is 4.74 Å². The quantitative estimate of drug-likeness (QED) is 0.451. The van der Waals surface area contributed by atoms with E-state index in [4.69, 9.17) is 17.0 Å². The smallest absolute Gasteiger partial charge is 0.285 e. The molecule has 4 bridgehead atoms. The average molecular weight is 471 g/mol. The third-order valence-corrected chi connectivity index (χ3v) is 8.92. The highest BCUT2D eigenvalue weighted by Gasteiger charge is 2.55. The molecule has 0 radical (unpaired) electrons. The number of ether oxygens (including phenoxy) is 1. The Morgan fingerprint density at radius 2 is 1.81 bits per heavy atom. The van der Waals surface area contributed by atoms with Crippen LogP contribution in [-0.4, -0.2) is 27.2 Å². The van der Waals surface area contributed by atoms with Crippen LogP contribution in [0.1, 0.15) is 64.4 Å². The second-order valence-electron chi connectivity index (χ2n) is 10.1. The Morgan fingerprint density at radius 1 is 1.22 bits per heavy atom. The minimum absolute atomic E-state index is 0.0132. The Hall–Kier alpha value is -1.86. The van der Waals surface area contributed by atoms with Gasteiger partial charge in [0.15, 0.2) is 4.32 Å². The van der Waals surface area contributed by atoms with Crippen LogP contribution >= 0.6 is 24.0 Å². The monoisotopic (exact) mass is 470 g/mol. The molecule has 7 heteroatoms. The lowest BCUT2D eigenvalue weighted by Gasteiger charge is -2.55. The molecule has 32 heavy (non-hydrogen) atoms. The van der Waals surface area contributed by atoms with Crippen molar-refractivity contribution >= 4 is 46.2 Å². The minimum Gasteiger partial charge on any atom is -0.491 e. The summed E-state index contributed by atoms with van der Waals surface area (Å²) < 4.78 is 6.20. The van der Waals surface area contributed by atoms with Crippen molar-refractivity contribution in [2.45, 2.75) is 64.9 Å². The number of thiocarbonyl (C=S) groups is 1. The van der Waals surface area contributed by atoms with Gasteiger partial charge in [-0.1, -0.05) is 30.8 Å². The molecular weight excluding hydrogens is 440 g/mol. The Balaban J connectivity index is 1.26. The van der Waals surface area contributed by atoms with Crippen molar-refractivity contribution in [1.29, 1.82) is 0 Å². The maximum Gasteiger partial charge on any atom is 0.285 e. The Bertz CT molecular complexity index is 937. The summed E-state index contributed by atoms with van der Waals surface area (Å²) in [6.07, 6.45) is 9.63. The van der Waals surface area contributed by atoms with Gasteiger partial charge in [0.05, 0.1) is 16.4 Å². The van der Waals surface area contributed by atoms with E-state index in [0.717, 1.165) is 37.0 Å². The summed E-state index contributed by atoms with van der Waals surface area (Å²) in [5.41, 5.74) is 3.50. The molecule has 4 aliphatic carbocycles. The molecule has 6 rings (SSSR count). The topological polar surface area (TPSA) is 58.6 Å². The highest BCUT2D eigenvalue weighted by molar-refractivity contribution is 8.26. The molecule has 5 fully saturated rings. The van der Waals surface area contributed by atoms with Gasteiger partial charge in [0, 0.05) is 0 Å². The molecule has 1 heterocycles. The van der Waals surface area contributed by atoms with E-state index >= 15 is 0 Å². The molecule has 170 valence electrons. The third-order valence-electron chi connectivity index (χ3n) is 7.62. The number of amides is 2. The zero-order chi connectivity index (χ0) is 22.5. The van der Waals surface area contributed by atoms with Gasteiger partial charge in [-0.05, 0) is 106 Å². The molecule has 1 aliphatic heterocycles. The number of rotatable bonds is 6. The van der Waals surface area contributed by atoms with Crippen molar-refractivity contribution in [3.8, 4) is 5.75 Å². The second-order valence-corrected chi connectivity index (χ2v) is 11.7. The van der Waals surface area contributed by atoms with Gasteiger partial charge in [0.25, 0.3) is 5.91 Å². The van der Waals surface area contributed by atoms with Crippen LogP contribution in [0.4, 0.5) is 0 Å². The van der Waals surface area contributed by atoms with Crippen LogP contribution < -0.4 is 10.2 Å². The molecule has 1 N–H and O–H groups in total. The van der Waals surface area contributed by atoms with Gasteiger partial charge >= 0.3 is 0 Å². The molecule has 5 aliphatic rings. The van der Waals surface area contributed by atoms with E-state index < -0.39 is 0 Å². The fourth-order valence-electron chi connectivity index (χ4n) is 6.28. The predicted molar refractivity (Wildman–Crippen MR) is 131 cm³/mol. The maximum absolute atomic E-state index is 13.4. The number of hydrazine groups is 1. The summed E-state index contributed by atoms with van der Waals surface area (Å²) in [4.78, 5) is 26.9. The van der Waals surface area contributed by atoms with E-state index in [2.05, 4.69) is 12.3 Å². The minimum atomic E-state index is -0.312. The normalized spacial score (nSPS) is 33.1. The first-order valence-electron chi connectivity index (χ1n) is 11.7. The van der Waals surface area contributed by atoms with Crippen molar-refractivity contribution in [3.63, 3.8) is 0 Å². The maximum atomic E-state index is 13.4. The molecule has 4 saturated carbocycles. The van der Waals surface area contributed by atoms with Crippen molar-refractivity contribution in [3.05, 3.63) is 34.7 Å². The van der Waals surface area contributed by atoms with Crippen LogP contribution in [-0.2, 0) is 9.59 Å². The van der Waals surface area contributed by atoms with Crippen LogP contribution in [0.3, 0.4) is 0 Å². The molecule has 1 aromatic carbocycles. The first kappa shape index (κ1) is 22.0. The van der Waals surface area contributed by atoms with Gasteiger partial charge in [0.2, 0.25) is 5.91 Å². The van der Waals surface area contributed by atoms with Crippen LogP contribution in [0.25, 0.3) is 6.08 Å². The zero-order valence-electron chi connectivity index (χ0n) is 18.6. The molecule has 1 aromatic rings. The van der Waals surface area contributed by atoms with Gasteiger partial charge in [-0.25, -0.2) is 0 Å². The fourth-order valence-corrected chi connectivity index (χ4v) is 7.46. The van der Waals surface area contributed by atoms with Gasteiger partial charge in [0.1, 0.15) is 5.75 Å². The fraction of sp³-hybridized carbons (Fsp3) is 0.560. The third kappa shape index (κ3) is 4.10. The summed E-state index contributed by atoms with van der Waals surface area (Å²) in [7, 11) is 0. The Morgan fingerprint density at radius 3 is 2.38 bits per heavy atom. The number of nitrogens with one attached hydrogen (secondary N) is 1. The average Bonchev–Trinajstić information content (AvgIpc) is 3.01. The largest absolute Gasteiger partial charge is 0.491 e. The summed E-state index contributed by atoms with van der Waals surface area (Å²) >= 11 is 6.68. The number of carbonyl (C=O) groups excluding carboxylic acids is 2. The van der Waals surface area contributed by atoms with Crippen molar-refractivity contribution in [2.24, 2.45) is 23.2 Å². The molecule has 1 atom stereocenters. The van der Waals surface area contributed by atoms with Crippen LogP contribution in [0.2, 0.25) is 0 Å². The van der Waals surface area contributed by atoms with E-state index in [9.17, 15) is 9.59 Å². The summed E-state index contributed by atoms with van der Waals surface area (Å²) in [5, 5.41) is 1.28. The van der Waals surface area contributed by atoms with E-state index in [-0.39, 0.29) is 23.3 Å². The highest BCUT2D eigenvalue weighted by Crippen LogP contribution is 2.60. The molecule has 0 spiro atoms. The molecular formula is C25H30N2O3S2. The lowest BCUT2D eigenvalue weighted by Crippen LogP contribution is -2.57. The first-order chi connectivity index (χ1) is 15.3. The van der Waals surface area contributed by atoms with E-state index in [1.807, 2.05) is 37.3 Å². The molecule has 5 nitrogen and oxygen atoms in total. The standard InChI is InChI=1S/C25H30N2O3S2/c1-3-15(2)30-20-6-4-16(5-7-20)11-21-22(28)27(24(31)32-21)26-23(29)25-12-17-8-18(13-25)10-19(9-17)14-25/h4-7,11,15,17-19H,3,8-10,12-14H2,1-2H3,(H,26,29)/b21-11-/t15-,17?,18?,19?,25?/m0/s1. The van der Waals surface area contributed by atoms with E-state index in [1.165, 1.54) is 36.0 Å². The van der Waals surface area contributed by atoms with Crippen LogP contribution in [0.15, 0.2) is 29.2 Å². The molecule has 2 amide bonds. The van der Waals surface area contributed by atoms with Gasteiger partial charge in [-0.15, -0.1) is 0 Å². The van der Waals surface area contributed by atoms with Crippen LogP contribution in [0.5, 0.6) is 5.75 Å². The number of hydrogen-bond acceptors (Lipinski definition) is 5. The van der Waals surface area contributed by atoms with Gasteiger partial charge in [-0.3, -0.25) is 15.0 Å². The number of nitrogens with zero attached hydrogens (tertiary/aromatic N) is 1. The number of thioether (sulfide) groups is 1. The summed E-state index contributed by atoms with van der Waals surface area (Å²) in [6.45, 7) is 4.12. The predicted octanol–water partition coefficient (Wildman–Crippen LogP) is 5.31. The Labute approximate surface area is 199 Å². The van der Waals surface area contributed by atoms with Crippen molar-refractivity contribution in [2.75, 3.05) is 0 Å². The molecule has 1 saturated heterocycles. The number of benzene rings is 1. The number of hydrogen-bond donors (Lipinski definition) is 1. The van der Waals surface area contributed by atoms with E-state index in [1.54, 1.807) is 0 Å². The van der Waals surface area contributed by atoms with Crippen molar-refractivity contribution in [1.82, 2.24) is 10.4 Å². The van der Waals surface area contributed by atoms with Gasteiger partial charge in [-0.2, -0.15) is 5.01 Å². The Kier molecular flexibility index (Phi) is 5.82.